The molecule has 1 atom stereocenters. The molecule has 1 unspecified atom stereocenters. The molecule has 0 saturated carbocycles. The molecule has 2 N–H and O–H groups in total. The number of nitrogens with zero attached hydrogens (tertiary/aromatic N) is 1. The molecule has 23 heavy (non-hydrogen) atoms. The van der Waals surface area contributed by atoms with Gasteiger partial charge in [-0.3, -0.25) is 4.79 Å². The molecule has 0 spiro atoms. The van der Waals surface area contributed by atoms with E-state index in [-0.39, 0.29) is 12.0 Å². The topological polar surface area (TPSA) is 88.1 Å². The number of hydrogen-bond acceptors (Lipinski definition) is 5. The molecule has 132 valence electrons. The SMILES string of the molecule is CC(C)(C)OC(=O)N1CC(CC(=O)O)(NCC2(C)CCCO2)C1. The molecule has 1 amide bonds. The number of ether oxygens (including phenoxy) is 2. The number of hydrogen-bond donors (Lipinski definition) is 2. The van der Waals surface area contributed by atoms with E-state index in [9.17, 15) is 14.7 Å². The summed E-state index contributed by atoms with van der Waals surface area (Å²) in [7, 11) is 0. The van der Waals surface area contributed by atoms with Crippen molar-refractivity contribution in [2.45, 2.75) is 63.7 Å². The Morgan fingerprint density at radius 1 is 1.35 bits per heavy atom. The van der Waals surface area contributed by atoms with E-state index in [1.165, 1.54) is 0 Å². The smallest absolute Gasteiger partial charge is 0.410 e. The molecule has 2 fully saturated rings. The number of carboxylic acids is 1. The highest BCUT2D eigenvalue weighted by Gasteiger charge is 2.48. The molecule has 0 radical (unpaired) electrons. The van der Waals surface area contributed by atoms with Crippen LogP contribution in [0.25, 0.3) is 0 Å². The Morgan fingerprint density at radius 3 is 2.48 bits per heavy atom. The van der Waals surface area contributed by atoms with Gasteiger partial charge in [-0.05, 0) is 40.5 Å². The van der Waals surface area contributed by atoms with Crippen LogP contribution < -0.4 is 5.32 Å². The fraction of sp³-hybridized carbons (Fsp3) is 0.875. The van der Waals surface area contributed by atoms with Gasteiger partial charge in [-0.2, -0.15) is 0 Å². The Balaban J connectivity index is 1.92. The maximum atomic E-state index is 12.0. The highest BCUT2D eigenvalue weighted by Crippen LogP contribution is 2.30. The number of aliphatic carboxylic acids is 1. The lowest BCUT2D eigenvalue weighted by Crippen LogP contribution is -2.72. The first kappa shape index (κ1) is 18.0. The minimum atomic E-state index is -0.876. The van der Waals surface area contributed by atoms with Gasteiger partial charge in [0.25, 0.3) is 0 Å². The molecule has 0 aromatic rings. The van der Waals surface area contributed by atoms with Gasteiger partial charge in [0.2, 0.25) is 0 Å². The number of carbonyl (C=O) groups excluding carboxylic acids is 1. The lowest BCUT2D eigenvalue weighted by Gasteiger charge is -2.50. The predicted octanol–water partition coefficient (Wildman–Crippen LogP) is 1.61. The standard InChI is InChI=1S/C16H28N2O5/c1-14(2,3)23-13(21)18-10-16(11-18,8-12(19)20)17-9-15(4)6-5-7-22-15/h17H,5-11H2,1-4H3,(H,19,20). The number of amides is 1. The molecule has 2 heterocycles. The summed E-state index contributed by atoms with van der Waals surface area (Å²) in [6.07, 6.45) is 1.55. The fourth-order valence-electron chi connectivity index (χ4n) is 3.07. The van der Waals surface area contributed by atoms with Crippen molar-refractivity contribution in [2.75, 3.05) is 26.2 Å². The zero-order valence-electron chi connectivity index (χ0n) is 14.5. The number of rotatable bonds is 5. The minimum absolute atomic E-state index is 0.0254. The fourth-order valence-corrected chi connectivity index (χ4v) is 3.07. The van der Waals surface area contributed by atoms with Crippen LogP contribution in [0.2, 0.25) is 0 Å². The number of carboxylic acid groups (broad SMARTS) is 1. The van der Waals surface area contributed by atoms with Crippen LogP contribution in [0.4, 0.5) is 4.79 Å². The van der Waals surface area contributed by atoms with E-state index in [0.29, 0.717) is 19.6 Å². The summed E-state index contributed by atoms with van der Waals surface area (Å²) in [6, 6.07) is 0. The quantitative estimate of drug-likeness (QED) is 0.797. The second-order valence-corrected chi connectivity index (χ2v) is 7.94. The summed E-state index contributed by atoms with van der Waals surface area (Å²) in [4.78, 5) is 24.8. The minimum Gasteiger partial charge on any atom is -0.481 e. The van der Waals surface area contributed by atoms with E-state index in [2.05, 4.69) is 5.32 Å². The van der Waals surface area contributed by atoms with E-state index in [1.54, 1.807) is 4.90 Å². The van der Waals surface area contributed by atoms with Crippen molar-refractivity contribution in [3.05, 3.63) is 0 Å². The van der Waals surface area contributed by atoms with Gasteiger partial charge in [0.05, 0.1) is 17.6 Å². The van der Waals surface area contributed by atoms with Gasteiger partial charge < -0.3 is 24.8 Å². The van der Waals surface area contributed by atoms with Crippen LogP contribution in [0, 0.1) is 0 Å². The number of carbonyl (C=O) groups is 2. The summed E-state index contributed by atoms with van der Waals surface area (Å²) in [5.74, 6) is -0.876. The van der Waals surface area contributed by atoms with E-state index in [1.807, 2.05) is 27.7 Å². The van der Waals surface area contributed by atoms with Crippen molar-refractivity contribution >= 4 is 12.1 Å². The van der Waals surface area contributed by atoms with Crippen molar-refractivity contribution in [1.29, 1.82) is 0 Å². The van der Waals surface area contributed by atoms with Crippen LogP contribution in [0.15, 0.2) is 0 Å². The Labute approximate surface area is 137 Å². The molecular weight excluding hydrogens is 300 g/mol. The average molecular weight is 328 g/mol. The molecule has 0 bridgehead atoms. The van der Waals surface area contributed by atoms with Gasteiger partial charge >= 0.3 is 12.1 Å². The zero-order chi connectivity index (χ0) is 17.3. The summed E-state index contributed by atoms with van der Waals surface area (Å²) < 4.78 is 11.1. The van der Waals surface area contributed by atoms with Crippen molar-refractivity contribution in [1.82, 2.24) is 10.2 Å². The zero-order valence-corrected chi connectivity index (χ0v) is 14.5. The van der Waals surface area contributed by atoms with Crippen LogP contribution in [-0.4, -0.2) is 65.1 Å². The molecule has 7 heteroatoms. The van der Waals surface area contributed by atoms with E-state index in [0.717, 1.165) is 19.4 Å². The molecule has 2 rings (SSSR count). The van der Waals surface area contributed by atoms with Crippen LogP contribution in [0.1, 0.15) is 47.0 Å². The first-order chi connectivity index (χ1) is 10.5. The second-order valence-electron chi connectivity index (χ2n) is 7.94. The van der Waals surface area contributed by atoms with Crippen molar-refractivity contribution < 1.29 is 24.2 Å². The maximum Gasteiger partial charge on any atom is 0.410 e. The molecule has 0 aromatic heterocycles. The average Bonchev–Trinajstić information content (AvgIpc) is 2.76. The van der Waals surface area contributed by atoms with Gasteiger partial charge in [0.1, 0.15) is 5.60 Å². The van der Waals surface area contributed by atoms with Crippen LogP contribution in [-0.2, 0) is 14.3 Å². The van der Waals surface area contributed by atoms with Crippen LogP contribution >= 0.6 is 0 Å². The van der Waals surface area contributed by atoms with Gasteiger partial charge in [-0.1, -0.05) is 0 Å². The summed E-state index contributed by atoms with van der Waals surface area (Å²) in [6.45, 7) is 9.47. The Bertz CT molecular complexity index is 460. The van der Waals surface area contributed by atoms with Crippen molar-refractivity contribution in [3.63, 3.8) is 0 Å². The van der Waals surface area contributed by atoms with Crippen molar-refractivity contribution in [3.8, 4) is 0 Å². The van der Waals surface area contributed by atoms with Gasteiger partial charge in [0.15, 0.2) is 0 Å². The second kappa shape index (κ2) is 6.28. The molecule has 2 aliphatic heterocycles. The first-order valence-electron chi connectivity index (χ1n) is 8.11. The summed E-state index contributed by atoms with van der Waals surface area (Å²) in [5, 5.41) is 12.5. The van der Waals surface area contributed by atoms with Gasteiger partial charge in [-0.15, -0.1) is 0 Å². The Kier molecular flexibility index (Phi) is 4.92. The Morgan fingerprint density at radius 2 is 2.00 bits per heavy atom. The lowest BCUT2D eigenvalue weighted by molar-refractivity contribution is -0.141. The first-order valence-corrected chi connectivity index (χ1v) is 8.11. The summed E-state index contributed by atoms with van der Waals surface area (Å²) in [5.41, 5.74) is -1.41. The lowest BCUT2D eigenvalue weighted by atomic mass is 9.85. The van der Waals surface area contributed by atoms with E-state index >= 15 is 0 Å². The molecular formula is C16H28N2O5. The van der Waals surface area contributed by atoms with Gasteiger partial charge in [-0.25, -0.2) is 4.79 Å². The third-order valence-corrected chi connectivity index (χ3v) is 4.27. The van der Waals surface area contributed by atoms with Gasteiger partial charge in [0, 0.05) is 26.2 Å². The van der Waals surface area contributed by atoms with Crippen LogP contribution in [0.3, 0.4) is 0 Å². The third kappa shape index (κ3) is 4.81. The predicted molar refractivity (Wildman–Crippen MR) is 84.4 cm³/mol. The van der Waals surface area contributed by atoms with E-state index in [4.69, 9.17) is 9.47 Å². The molecule has 0 aliphatic carbocycles. The van der Waals surface area contributed by atoms with Crippen LogP contribution in [0.5, 0.6) is 0 Å². The monoisotopic (exact) mass is 328 g/mol. The largest absolute Gasteiger partial charge is 0.481 e. The van der Waals surface area contributed by atoms with E-state index < -0.39 is 23.2 Å². The number of likely N-dealkylation sites (tertiary alicyclic amines) is 1. The normalized spacial score (nSPS) is 26.7. The molecule has 7 nitrogen and oxygen atoms in total. The third-order valence-electron chi connectivity index (χ3n) is 4.27. The maximum absolute atomic E-state index is 12.0. The highest BCUT2D eigenvalue weighted by molar-refractivity contribution is 5.73. The molecule has 0 aromatic carbocycles. The number of nitrogens with one attached hydrogen (secondary N) is 1. The molecule has 2 saturated heterocycles. The summed E-state index contributed by atoms with van der Waals surface area (Å²) >= 11 is 0. The highest BCUT2D eigenvalue weighted by atomic mass is 16.6. The van der Waals surface area contributed by atoms with Crippen molar-refractivity contribution in [2.24, 2.45) is 0 Å². The molecule has 2 aliphatic rings. The Hall–Kier alpha value is -1.34.